The molecule has 20 heavy (non-hydrogen) atoms. The monoisotopic (exact) mass is 293 g/mol. The molecule has 2 saturated carbocycles. The van der Waals surface area contributed by atoms with Crippen LogP contribution in [0.3, 0.4) is 0 Å². The fraction of sp³-hybridized carbons (Fsp3) is 0.625. The van der Waals surface area contributed by atoms with Crippen molar-refractivity contribution in [2.24, 2.45) is 11.8 Å². The van der Waals surface area contributed by atoms with E-state index in [1.54, 1.807) is 0 Å². The molecule has 0 spiro atoms. The molecule has 0 amide bonds. The molecule has 110 valence electrons. The van der Waals surface area contributed by atoms with E-state index in [1.807, 2.05) is 32.9 Å². The van der Waals surface area contributed by atoms with Crippen LogP contribution in [0.2, 0.25) is 0 Å². The van der Waals surface area contributed by atoms with Crippen LogP contribution in [-0.2, 0) is 10.0 Å². The number of benzene rings is 1. The van der Waals surface area contributed by atoms with Gasteiger partial charge in [0.05, 0.1) is 4.90 Å². The van der Waals surface area contributed by atoms with Crippen molar-refractivity contribution in [3.63, 3.8) is 0 Å². The topological polar surface area (TPSA) is 46.2 Å². The third kappa shape index (κ3) is 2.40. The Morgan fingerprint density at radius 1 is 1.05 bits per heavy atom. The third-order valence-electron chi connectivity index (χ3n) is 4.92. The minimum atomic E-state index is -3.39. The largest absolute Gasteiger partial charge is 0.241 e. The van der Waals surface area contributed by atoms with Crippen molar-refractivity contribution in [2.45, 2.75) is 57.4 Å². The Morgan fingerprint density at radius 2 is 1.70 bits per heavy atom. The Morgan fingerprint density at radius 3 is 2.20 bits per heavy atom. The van der Waals surface area contributed by atoms with E-state index in [0.717, 1.165) is 29.0 Å². The van der Waals surface area contributed by atoms with E-state index in [4.69, 9.17) is 0 Å². The molecule has 1 aromatic rings. The van der Waals surface area contributed by atoms with E-state index >= 15 is 0 Å². The van der Waals surface area contributed by atoms with Crippen LogP contribution < -0.4 is 4.72 Å². The normalized spacial score (nSPS) is 29.1. The summed E-state index contributed by atoms with van der Waals surface area (Å²) in [6, 6.07) is 4.05. The van der Waals surface area contributed by atoms with Gasteiger partial charge in [0, 0.05) is 6.04 Å². The number of aryl methyl sites for hydroxylation is 3. The molecule has 3 unspecified atom stereocenters. The lowest BCUT2D eigenvalue weighted by molar-refractivity contribution is 0.390. The van der Waals surface area contributed by atoms with Gasteiger partial charge in [-0.05, 0) is 63.0 Å². The number of nitrogens with one attached hydrogen (secondary N) is 1. The molecule has 0 radical (unpaired) electrons. The maximum Gasteiger partial charge on any atom is 0.241 e. The minimum absolute atomic E-state index is 0.152. The van der Waals surface area contributed by atoms with Crippen LogP contribution in [0, 0.1) is 32.6 Å². The van der Waals surface area contributed by atoms with Crippen LogP contribution in [-0.4, -0.2) is 14.5 Å². The fourth-order valence-corrected chi connectivity index (χ4v) is 6.01. The predicted molar refractivity (Wildman–Crippen MR) is 80.2 cm³/mol. The number of rotatable bonds is 3. The van der Waals surface area contributed by atoms with Gasteiger partial charge in [0.1, 0.15) is 0 Å². The minimum Gasteiger partial charge on any atom is -0.208 e. The number of sulfonamides is 1. The average Bonchev–Trinajstić information content (AvgIpc) is 2.87. The molecular formula is C16H23NO2S. The van der Waals surface area contributed by atoms with Crippen molar-refractivity contribution in [3.8, 4) is 0 Å². The highest BCUT2D eigenvalue weighted by molar-refractivity contribution is 7.89. The van der Waals surface area contributed by atoms with Crippen LogP contribution in [0.25, 0.3) is 0 Å². The van der Waals surface area contributed by atoms with E-state index in [0.29, 0.717) is 10.8 Å². The zero-order valence-corrected chi connectivity index (χ0v) is 13.3. The van der Waals surface area contributed by atoms with Crippen LogP contribution in [0.4, 0.5) is 0 Å². The lowest BCUT2D eigenvalue weighted by Crippen LogP contribution is -2.39. The highest BCUT2D eigenvalue weighted by Crippen LogP contribution is 2.45. The third-order valence-corrected chi connectivity index (χ3v) is 6.71. The van der Waals surface area contributed by atoms with Crippen LogP contribution in [0.15, 0.2) is 17.0 Å². The molecule has 2 aliphatic rings. The molecule has 0 aliphatic heterocycles. The van der Waals surface area contributed by atoms with E-state index in [2.05, 4.69) is 4.72 Å². The SMILES string of the molecule is Cc1cc(C)c(S(=O)(=O)NC2CC3CCC2C3)c(C)c1. The molecule has 3 rings (SSSR count). The molecule has 0 heterocycles. The van der Waals surface area contributed by atoms with Crippen LogP contribution >= 0.6 is 0 Å². The quantitative estimate of drug-likeness (QED) is 0.931. The molecule has 1 N–H and O–H groups in total. The second kappa shape index (κ2) is 4.85. The summed E-state index contributed by atoms with van der Waals surface area (Å²) in [4.78, 5) is 0.478. The van der Waals surface area contributed by atoms with Crippen molar-refractivity contribution in [3.05, 3.63) is 28.8 Å². The molecule has 2 bridgehead atoms. The second-order valence-electron chi connectivity index (χ2n) is 6.63. The highest BCUT2D eigenvalue weighted by atomic mass is 32.2. The maximum absolute atomic E-state index is 12.7. The summed E-state index contributed by atoms with van der Waals surface area (Å²) in [7, 11) is -3.39. The number of hydrogen-bond acceptors (Lipinski definition) is 2. The van der Waals surface area contributed by atoms with E-state index in [1.165, 1.54) is 19.3 Å². The predicted octanol–water partition coefficient (Wildman–Crippen LogP) is 3.08. The second-order valence-corrected chi connectivity index (χ2v) is 8.28. The van der Waals surface area contributed by atoms with Gasteiger partial charge in [-0.15, -0.1) is 0 Å². The maximum atomic E-state index is 12.7. The Labute approximate surface area is 121 Å². The molecule has 0 aromatic heterocycles. The standard InChI is InChI=1S/C16H23NO2S/c1-10-6-11(2)16(12(3)7-10)20(18,19)17-15-9-13-4-5-14(15)8-13/h6-7,13-15,17H,4-5,8-9H2,1-3H3. The summed E-state index contributed by atoms with van der Waals surface area (Å²) in [5, 5.41) is 0. The summed E-state index contributed by atoms with van der Waals surface area (Å²) < 4.78 is 28.4. The smallest absolute Gasteiger partial charge is 0.208 e. The van der Waals surface area contributed by atoms with Gasteiger partial charge in [0.15, 0.2) is 0 Å². The molecule has 3 nitrogen and oxygen atoms in total. The summed E-state index contributed by atoms with van der Waals surface area (Å²) in [6.45, 7) is 5.77. The van der Waals surface area contributed by atoms with Gasteiger partial charge >= 0.3 is 0 Å². The summed E-state index contributed by atoms with van der Waals surface area (Å²) >= 11 is 0. The Balaban J connectivity index is 1.89. The zero-order chi connectivity index (χ0) is 14.5. The molecule has 0 saturated heterocycles. The van der Waals surface area contributed by atoms with Crippen LogP contribution in [0.5, 0.6) is 0 Å². The molecule has 3 atom stereocenters. The first-order chi connectivity index (χ1) is 9.37. The van der Waals surface area contributed by atoms with Gasteiger partial charge < -0.3 is 0 Å². The molecule has 2 fully saturated rings. The van der Waals surface area contributed by atoms with Crippen LogP contribution in [0.1, 0.15) is 42.4 Å². The number of hydrogen-bond donors (Lipinski definition) is 1. The van der Waals surface area contributed by atoms with E-state index in [-0.39, 0.29) is 6.04 Å². The van der Waals surface area contributed by atoms with Crippen molar-refractivity contribution in [1.82, 2.24) is 4.72 Å². The van der Waals surface area contributed by atoms with Gasteiger partial charge in [-0.3, -0.25) is 0 Å². The van der Waals surface area contributed by atoms with Crippen molar-refractivity contribution in [2.75, 3.05) is 0 Å². The van der Waals surface area contributed by atoms with E-state index < -0.39 is 10.0 Å². The first-order valence-corrected chi connectivity index (χ1v) is 8.95. The van der Waals surface area contributed by atoms with Gasteiger partial charge in [0.2, 0.25) is 10.0 Å². The summed E-state index contributed by atoms with van der Waals surface area (Å²) in [5.74, 6) is 1.30. The lowest BCUT2D eigenvalue weighted by atomic mass is 9.96. The summed E-state index contributed by atoms with van der Waals surface area (Å²) in [5.41, 5.74) is 2.80. The van der Waals surface area contributed by atoms with Crippen molar-refractivity contribution in [1.29, 1.82) is 0 Å². The fourth-order valence-electron chi connectivity index (χ4n) is 4.24. The van der Waals surface area contributed by atoms with Crippen molar-refractivity contribution < 1.29 is 8.42 Å². The molecule has 2 aliphatic carbocycles. The first-order valence-electron chi connectivity index (χ1n) is 7.47. The van der Waals surface area contributed by atoms with Gasteiger partial charge in [-0.2, -0.15) is 0 Å². The molecular weight excluding hydrogens is 270 g/mol. The molecule has 1 aromatic carbocycles. The van der Waals surface area contributed by atoms with Crippen molar-refractivity contribution >= 4 is 10.0 Å². The zero-order valence-electron chi connectivity index (χ0n) is 12.4. The Kier molecular flexibility index (Phi) is 3.41. The number of fused-ring (bicyclic) bond motifs is 2. The van der Waals surface area contributed by atoms with E-state index in [9.17, 15) is 8.42 Å². The average molecular weight is 293 g/mol. The molecule has 4 heteroatoms. The highest BCUT2D eigenvalue weighted by Gasteiger charge is 2.41. The van der Waals surface area contributed by atoms with Gasteiger partial charge in [0.25, 0.3) is 0 Å². The Hall–Kier alpha value is -0.870. The first kappa shape index (κ1) is 14.1. The van der Waals surface area contributed by atoms with Gasteiger partial charge in [-0.25, -0.2) is 13.1 Å². The van der Waals surface area contributed by atoms with Gasteiger partial charge in [-0.1, -0.05) is 24.1 Å². The lowest BCUT2D eigenvalue weighted by Gasteiger charge is -2.24. The summed E-state index contributed by atoms with van der Waals surface area (Å²) in [6.07, 6.45) is 4.70. The Bertz CT molecular complexity index is 613.